The van der Waals surface area contributed by atoms with Gasteiger partial charge in [0.25, 0.3) is 0 Å². The third kappa shape index (κ3) is 1.16. The quantitative estimate of drug-likeness (QED) is 0.669. The lowest BCUT2D eigenvalue weighted by molar-refractivity contribution is -0.109. The molecule has 0 saturated carbocycles. The molecular formula is C15H20OS. The number of fused-ring (bicyclic) bond motifs is 2. The fourth-order valence-corrected chi connectivity index (χ4v) is 5.02. The Balaban J connectivity index is 2.15. The van der Waals surface area contributed by atoms with E-state index in [1.54, 1.807) is 0 Å². The number of ether oxygens (including phenoxy) is 1. The molecule has 0 bridgehead atoms. The minimum atomic E-state index is -0.132. The Kier molecular flexibility index (Phi) is 2.12. The first kappa shape index (κ1) is 11.6. The van der Waals surface area contributed by atoms with E-state index in [0.29, 0.717) is 0 Å². The highest BCUT2D eigenvalue weighted by molar-refractivity contribution is 8.03. The summed E-state index contributed by atoms with van der Waals surface area (Å²) in [6, 6.07) is 8.68. The van der Waals surface area contributed by atoms with Gasteiger partial charge in [0, 0.05) is 15.7 Å². The molecule has 1 nitrogen and oxygen atoms in total. The number of thioether (sulfide) groups is 1. The third-order valence-corrected chi connectivity index (χ3v) is 6.96. The number of hydrogen-bond acceptors (Lipinski definition) is 2. The normalized spacial score (nSPS) is 36.6. The van der Waals surface area contributed by atoms with E-state index >= 15 is 0 Å². The molecule has 92 valence electrons. The van der Waals surface area contributed by atoms with Gasteiger partial charge in [0.15, 0.2) is 0 Å². The molecule has 0 aromatic heterocycles. The molecule has 0 aliphatic carbocycles. The predicted octanol–water partition coefficient (Wildman–Crippen LogP) is 4.48. The summed E-state index contributed by atoms with van der Waals surface area (Å²) in [6.07, 6.45) is 0.217. The maximum absolute atomic E-state index is 6.37. The van der Waals surface area contributed by atoms with Crippen LogP contribution in [0.15, 0.2) is 24.3 Å². The lowest BCUT2D eigenvalue weighted by Crippen LogP contribution is -2.62. The van der Waals surface area contributed by atoms with Gasteiger partial charge < -0.3 is 4.74 Å². The Morgan fingerprint density at radius 3 is 2.35 bits per heavy atom. The van der Waals surface area contributed by atoms with Crippen molar-refractivity contribution < 1.29 is 4.74 Å². The van der Waals surface area contributed by atoms with Gasteiger partial charge in [-0.3, -0.25) is 0 Å². The van der Waals surface area contributed by atoms with Crippen LogP contribution in [0, 0.1) is 5.41 Å². The van der Waals surface area contributed by atoms with Crippen molar-refractivity contribution in [3.8, 4) is 0 Å². The van der Waals surface area contributed by atoms with Crippen molar-refractivity contribution >= 4 is 11.8 Å². The third-order valence-electron chi connectivity index (χ3n) is 4.82. The Hall–Kier alpha value is -0.470. The maximum atomic E-state index is 6.37. The van der Waals surface area contributed by atoms with Crippen LogP contribution in [0.3, 0.4) is 0 Å². The summed E-state index contributed by atoms with van der Waals surface area (Å²) in [5.41, 5.74) is 2.91. The first-order valence-electron chi connectivity index (χ1n) is 6.29. The standard InChI is InChI=1S/C15H20OS/c1-10-11-8-6-7-9-12(11)15(16-10)13(2,3)14(4,5)17-15/h6-10H,1-5H3. The zero-order valence-electron chi connectivity index (χ0n) is 11.2. The van der Waals surface area contributed by atoms with Crippen LogP contribution in [0.2, 0.25) is 0 Å². The lowest BCUT2D eigenvalue weighted by atomic mass is 9.71. The zero-order valence-corrected chi connectivity index (χ0v) is 12.0. The molecule has 1 spiro atoms. The molecule has 1 aromatic carbocycles. The van der Waals surface area contributed by atoms with E-state index in [4.69, 9.17) is 4.74 Å². The van der Waals surface area contributed by atoms with Crippen molar-refractivity contribution in [1.29, 1.82) is 0 Å². The van der Waals surface area contributed by atoms with Crippen LogP contribution < -0.4 is 0 Å². The SMILES string of the molecule is CC1OC2(SC(C)(C)C2(C)C)c2ccccc21. The van der Waals surface area contributed by atoms with Gasteiger partial charge >= 0.3 is 0 Å². The monoisotopic (exact) mass is 248 g/mol. The molecule has 3 rings (SSSR count). The van der Waals surface area contributed by atoms with E-state index < -0.39 is 0 Å². The average Bonchev–Trinajstić information content (AvgIpc) is 2.55. The molecule has 0 amide bonds. The Morgan fingerprint density at radius 1 is 1.12 bits per heavy atom. The molecule has 2 heteroatoms. The Bertz CT molecular complexity index is 474. The lowest BCUT2D eigenvalue weighted by Gasteiger charge is -2.64. The second kappa shape index (κ2) is 3.10. The summed E-state index contributed by atoms with van der Waals surface area (Å²) in [5.74, 6) is 0. The Morgan fingerprint density at radius 2 is 1.76 bits per heavy atom. The summed E-state index contributed by atoms with van der Waals surface area (Å²) in [5, 5.41) is 0. The first-order valence-corrected chi connectivity index (χ1v) is 7.11. The largest absolute Gasteiger partial charge is 0.352 e. The van der Waals surface area contributed by atoms with Gasteiger partial charge in [0.1, 0.15) is 4.93 Å². The first-order chi connectivity index (χ1) is 7.82. The van der Waals surface area contributed by atoms with Crippen LogP contribution in [0.4, 0.5) is 0 Å². The fourth-order valence-electron chi connectivity index (χ4n) is 3.05. The number of benzene rings is 1. The van der Waals surface area contributed by atoms with E-state index in [-0.39, 0.29) is 21.2 Å². The van der Waals surface area contributed by atoms with Crippen LogP contribution in [0.5, 0.6) is 0 Å². The van der Waals surface area contributed by atoms with E-state index in [0.717, 1.165) is 0 Å². The van der Waals surface area contributed by atoms with Gasteiger partial charge in [-0.2, -0.15) is 0 Å². The minimum absolute atomic E-state index is 0.132. The van der Waals surface area contributed by atoms with Crippen LogP contribution in [0.25, 0.3) is 0 Å². The molecule has 0 N–H and O–H groups in total. The second-order valence-electron chi connectivity index (χ2n) is 6.20. The van der Waals surface area contributed by atoms with Crippen LogP contribution in [-0.4, -0.2) is 4.75 Å². The van der Waals surface area contributed by atoms with Gasteiger partial charge in [-0.15, -0.1) is 11.8 Å². The molecule has 17 heavy (non-hydrogen) atoms. The van der Waals surface area contributed by atoms with Crippen LogP contribution in [-0.2, 0) is 9.67 Å². The molecule has 1 fully saturated rings. The molecule has 2 aliphatic rings. The molecule has 2 aliphatic heterocycles. The summed E-state index contributed by atoms with van der Waals surface area (Å²) in [6.45, 7) is 11.5. The molecule has 2 unspecified atom stereocenters. The van der Waals surface area contributed by atoms with E-state index in [9.17, 15) is 0 Å². The number of hydrogen-bond donors (Lipinski definition) is 0. The van der Waals surface area contributed by atoms with Gasteiger partial charge in [0.05, 0.1) is 6.10 Å². The topological polar surface area (TPSA) is 9.23 Å². The van der Waals surface area contributed by atoms with E-state index in [1.165, 1.54) is 11.1 Å². The zero-order chi connectivity index (χ0) is 12.5. The highest BCUT2D eigenvalue weighted by atomic mass is 32.2. The summed E-state index contributed by atoms with van der Waals surface area (Å²) in [4.78, 5) is -0.132. The van der Waals surface area contributed by atoms with Gasteiger partial charge in [0.2, 0.25) is 0 Å². The van der Waals surface area contributed by atoms with E-state index in [1.807, 2.05) is 11.8 Å². The van der Waals surface area contributed by atoms with Gasteiger partial charge in [-0.25, -0.2) is 0 Å². The summed E-state index contributed by atoms with van der Waals surface area (Å²) < 4.78 is 6.64. The van der Waals surface area contributed by atoms with Gasteiger partial charge in [-0.05, 0) is 26.3 Å². The average molecular weight is 248 g/mol. The second-order valence-corrected chi connectivity index (χ2v) is 8.00. The van der Waals surface area contributed by atoms with Crippen molar-refractivity contribution in [3.63, 3.8) is 0 Å². The van der Waals surface area contributed by atoms with Crippen molar-refractivity contribution in [2.24, 2.45) is 5.41 Å². The molecule has 2 heterocycles. The highest BCUT2D eigenvalue weighted by Gasteiger charge is 2.70. The molecular weight excluding hydrogens is 228 g/mol. The summed E-state index contributed by atoms with van der Waals surface area (Å²) in [7, 11) is 0. The van der Waals surface area contributed by atoms with Crippen molar-refractivity contribution in [1.82, 2.24) is 0 Å². The van der Waals surface area contributed by atoms with Gasteiger partial charge in [-0.1, -0.05) is 38.1 Å². The highest BCUT2D eigenvalue weighted by Crippen LogP contribution is 2.75. The van der Waals surface area contributed by atoms with Crippen molar-refractivity contribution in [2.75, 3.05) is 0 Å². The van der Waals surface area contributed by atoms with Crippen molar-refractivity contribution in [3.05, 3.63) is 35.4 Å². The van der Waals surface area contributed by atoms with Crippen molar-refractivity contribution in [2.45, 2.75) is 50.4 Å². The molecule has 0 radical (unpaired) electrons. The molecule has 1 saturated heterocycles. The van der Waals surface area contributed by atoms with E-state index in [2.05, 4.69) is 58.9 Å². The van der Waals surface area contributed by atoms with Crippen LogP contribution >= 0.6 is 11.8 Å². The molecule has 1 aromatic rings. The molecule has 2 atom stereocenters. The predicted molar refractivity (Wildman–Crippen MR) is 73.1 cm³/mol. The summed E-state index contributed by atoms with van der Waals surface area (Å²) >= 11 is 1.97. The Labute approximate surface area is 108 Å². The minimum Gasteiger partial charge on any atom is -0.352 e. The smallest absolute Gasteiger partial charge is 0.147 e. The fraction of sp³-hybridized carbons (Fsp3) is 0.600. The maximum Gasteiger partial charge on any atom is 0.147 e. The number of rotatable bonds is 0. The van der Waals surface area contributed by atoms with Crippen LogP contribution in [0.1, 0.15) is 51.8 Å².